The second-order valence-electron chi connectivity index (χ2n) is 3.13. The highest BCUT2D eigenvalue weighted by Gasteiger charge is 2.06. The first-order valence-corrected chi connectivity index (χ1v) is 4.97. The summed E-state index contributed by atoms with van der Waals surface area (Å²) >= 11 is 0. The van der Waals surface area contributed by atoms with E-state index in [2.05, 4.69) is 0 Å². The summed E-state index contributed by atoms with van der Waals surface area (Å²) in [5.74, 6) is -0.314. The summed E-state index contributed by atoms with van der Waals surface area (Å²) < 4.78 is 4.88. The predicted molar refractivity (Wildman–Crippen MR) is 56.8 cm³/mol. The van der Waals surface area contributed by atoms with Crippen molar-refractivity contribution in [3.05, 3.63) is 35.4 Å². The lowest BCUT2D eigenvalue weighted by Gasteiger charge is -2.03. The third-order valence-electron chi connectivity index (χ3n) is 1.99. The molecule has 0 aliphatic carbocycles. The summed E-state index contributed by atoms with van der Waals surface area (Å²) in [5, 5.41) is 0. The Morgan fingerprint density at radius 3 is 2.93 bits per heavy atom. The van der Waals surface area contributed by atoms with Crippen molar-refractivity contribution in [2.24, 2.45) is 0 Å². The zero-order valence-electron chi connectivity index (χ0n) is 8.73. The van der Waals surface area contributed by atoms with Gasteiger partial charge in [-0.2, -0.15) is 0 Å². The zero-order chi connectivity index (χ0) is 11.1. The molecule has 0 fully saturated rings. The van der Waals surface area contributed by atoms with E-state index in [0.29, 0.717) is 25.0 Å². The van der Waals surface area contributed by atoms with E-state index in [1.807, 2.05) is 6.07 Å². The molecule has 0 radical (unpaired) electrons. The topological polar surface area (TPSA) is 43.4 Å². The van der Waals surface area contributed by atoms with Crippen molar-refractivity contribution < 1.29 is 14.3 Å². The molecule has 0 unspecified atom stereocenters. The molecule has 0 atom stereocenters. The second-order valence-corrected chi connectivity index (χ2v) is 3.13. The van der Waals surface area contributed by atoms with Crippen LogP contribution in [0.5, 0.6) is 0 Å². The lowest BCUT2D eigenvalue weighted by molar-refractivity contribution is -0.107. The number of benzene rings is 1. The summed E-state index contributed by atoms with van der Waals surface area (Å²) in [4.78, 5) is 21.6. The van der Waals surface area contributed by atoms with Crippen LogP contribution in [0, 0.1) is 0 Å². The SMILES string of the molecule is CCOC(=O)c1cccc(CCC=O)c1. The van der Waals surface area contributed by atoms with Crippen molar-refractivity contribution in [3.63, 3.8) is 0 Å². The Morgan fingerprint density at radius 1 is 1.47 bits per heavy atom. The van der Waals surface area contributed by atoms with Gasteiger partial charge in [0.05, 0.1) is 12.2 Å². The molecule has 15 heavy (non-hydrogen) atoms. The molecule has 0 saturated carbocycles. The first-order valence-electron chi connectivity index (χ1n) is 4.97. The second kappa shape index (κ2) is 5.96. The summed E-state index contributed by atoms with van der Waals surface area (Å²) in [6.45, 7) is 2.14. The van der Waals surface area contributed by atoms with Crippen LogP contribution < -0.4 is 0 Å². The van der Waals surface area contributed by atoms with Gasteiger partial charge in [0, 0.05) is 6.42 Å². The van der Waals surface area contributed by atoms with Crippen LogP contribution in [0.4, 0.5) is 0 Å². The highest BCUT2D eigenvalue weighted by Crippen LogP contribution is 2.08. The van der Waals surface area contributed by atoms with Gasteiger partial charge < -0.3 is 9.53 Å². The smallest absolute Gasteiger partial charge is 0.338 e. The molecular formula is C12H14O3. The Morgan fingerprint density at radius 2 is 2.27 bits per heavy atom. The minimum absolute atomic E-state index is 0.314. The van der Waals surface area contributed by atoms with E-state index < -0.39 is 0 Å². The van der Waals surface area contributed by atoms with Crippen molar-refractivity contribution in [2.45, 2.75) is 19.8 Å². The Hall–Kier alpha value is -1.64. The maximum Gasteiger partial charge on any atom is 0.338 e. The third-order valence-corrected chi connectivity index (χ3v) is 1.99. The van der Waals surface area contributed by atoms with Gasteiger partial charge in [-0.25, -0.2) is 4.79 Å². The summed E-state index contributed by atoms with van der Waals surface area (Å²) in [6, 6.07) is 7.17. The van der Waals surface area contributed by atoms with Gasteiger partial charge in [0.15, 0.2) is 0 Å². The number of ether oxygens (including phenoxy) is 1. The van der Waals surface area contributed by atoms with Gasteiger partial charge >= 0.3 is 5.97 Å². The van der Waals surface area contributed by atoms with Crippen molar-refractivity contribution in [1.29, 1.82) is 0 Å². The number of aryl methyl sites for hydroxylation is 1. The average Bonchev–Trinajstić information content (AvgIpc) is 2.27. The van der Waals surface area contributed by atoms with Gasteiger partial charge in [0.1, 0.15) is 6.29 Å². The Balaban J connectivity index is 2.73. The monoisotopic (exact) mass is 206 g/mol. The van der Waals surface area contributed by atoms with Gasteiger partial charge in [-0.15, -0.1) is 0 Å². The number of aldehydes is 1. The van der Waals surface area contributed by atoms with Crippen molar-refractivity contribution in [1.82, 2.24) is 0 Å². The molecule has 3 nitrogen and oxygen atoms in total. The van der Waals surface area contributed by atoms with Crippen LogP contribution in [0.3, 0.4) is 0 Å². The zero-order valence-corrected chi connectivity index (χ0v) is 8.73. The highest BCUT2D eigenvalue weighted by molar-refractivity contribution is 5.89. The first-order chi connectivity index (χ1) is 7.27. The molecule has 0 aliphatic heterocycles. The number of hydrogen-bond acceptors (Lipinski definition) is 3. The fourth-order valence-corrected chi connectivity index (χ4v) is 1.29. The number of esters is 1. The largest absolute Gasteiger partial charge is 0.462 e. The van der Waals surface area contributed by atoms with Crippen LogP contribution in [-0.2, 0) is 16.0 Å². The molecule has 80 valence electrons. The summed E-state index contributed by atoms with van der Waals surface area (Å²) in [6.07, 6.45) is 2.01. The Labute approximate surface area is 89.1 Å². The van der Waals surface area contributed by atoms with E-state index in [4.69, 9.17) is 4.74 Å². The van der Waals surface area contributed by atoms with E-state index in [0.717, 1.165) is 11.8 Å². The number of carbonyl (C=O) groups is 2. The van der Waals surface area contributed by atoms with Crippen molar-refractivity contribution in [2.75, 3.05) is 6.61 Å². The molecule has 0 aliphatic rings. The molecule has 0 aromatic heterocycles. The molecule has 0 saturated heterocycles. The molecule has 0 heterocycles. The highest BCUT2D eigenvalue weighted by atomic mass is 16.5. The van der Waals surface area contributed by atoms with Crippen LogP contribution in [-0.4, -0.2) is 18.9 Å². The molecule has 0 bridgehead atoms. The van der Waals surface area contributed by atoms with E-state index in [-0.39, 0.29) is 5.97 Å². The van der Waals surface area contributed by atoms with Gasteiger partial charge in [0.25, 0.3) is 0 Å². The standard InChI is InChI=1S/C12H14O3/c1-2-15-12(14)11-7-3-5-10(9-11)6-4-8-13/h3,5,7-9H,2,4,6H2,1H3. The van der Waals surface area contributed by atoms with Crippen molar-refractivity contribution >= 4 is 12.3 Å². The number of rotatable bonds is 5. The van der Waals surface area contributed by atoms with Gasteiger partial charge in [-0.05, 0) is 31.0 Å². The van der Waals surface area contributed by atoms with Crippen molar-refractivity contribution in [3.8, 4) is 0 Å². The maximum absolute atomic E-state index is 11.4. The van der Waals surface area contributed by atoms with Crippen LogP contribution in [0.1, 0.15) is 29.3 Å². The fraction of sp³-hybridized carbons (Fsp3) is 0.333. The Kier molecular flexibility index (Phi) is 4.54. The lowest BCUT2D eigenvalue weighted by atomic mass is 10.1. The molecule has 0 amide bonds. The normalized spacial score (nSPS) is 9.67. The first kappa shape index (κ1) is 11.4. The quantitative estimate of drug-likeness (QED) is 0.546. The predicted octanol–water partition coefficient (Wildman–Crippen LogP) is 1.99. The van der Waals surface area contributed by atoms with Crippen LogP contribution >= 0.6 is 0 Å². The molecule has 1 aromatic rings. The molecule has 1 aromatic carbocycles. The summed E-state index contributed by atoms with van der Waals surface area (Å²) in [5.41, 5.74) is 1.52. The van der Waals surface area contributed by atoms with Crippen LogP contribution in [0.2, 0.25) is 0 Å². The minimum atomic E-state index is -0.314. The molecular weight excluding hydrogens is 192 g/mol. The van der Waals surface area contributed by atoms with Gasteiger partial charge in [0.2, 0.25) is 0 Å². The van der Waals surface area contributed by atoms with Gasteiger partial charge in [-0.3, -0.25) is 0 Å². The lowest BCUT2D eigenvalue weighted by Crippen LogP contribution is -2.04. The van der Waals surface area contributed by atoms with E-state index in [1.165, 1.54) is 0 Å². The molecule has 1 rings (SSSR count). The number of hydrogen-bond donors (Lipinski definition) is 0. The Bertz CT molecular complexity index is 344. The fourth-order valence-electron chi connectivity index (χ4n) is 1.29. The van der Waals surface area contributed by atoms with Crippen LogP contribution in [0.15, 0.2) is 24.3 Å². The van der Waals surface area contributed by atoms with E-state index >= 15 is 0 Å². The minimum Gasteiger partial charge on any atom is -0.462 e. The molecule has 0 spiro atoms. The van der Waals surface area contributed by atoms with Gasteiger partial charge in [-0.1, -0.05) is 12.1 Å². The summed E-state index contributed by atoms with van der Waals surface area (Å²) in [7, 11) is 0. The molecule has 0 N–H and O–H groups in total. The van der Waals surface area contributed by atoms with Crippen LogP contribution in [0.25, 0.3) is 0 Å². The maximum atomic E-state index is 11.4. The number of carbonyl (C=O) groups excluding carboxylic acids is 2. The molecule has 3 heteroatoms. The third kappa shape index (κ3) is 3.54. The van der Waals surface area contributed by atoms with E-state index in [9.17, 15) is 9.59 Å². The average molecular weight is 206 g/mol. The van der Waals surface area contributed by atoms with E-state index in [1.54, 1.807) is 25.1 Å².